The number of nitrogens with zero attached hydrogens (tertiary/aromatic N) is 3. The Bertz CT molecular complexity index is 342. The molecule has 0 atom stereocenters. The number of aliphatic hydroxyl groups excluding tert-OH is 1. The maximum Gasteiger partial charge on any atom is 0.134 e. The topological polar surface area (TPSA) is 61.3 Å². The first-order valence-corrected chi connectivity index (χ1v) is 6.70. The van der Waals surface area contributed by atoms with E-state index >= 15 is 0 Å². The Morgan fingerprint density at radius 3 is 2.56 bits per heavy atom. The third-order valence-corrected chi connectivity index (χ3v) is 3.03. The average molecular weight is 252 g/mol. The summed E-state index contributed by atoms with van der Waals surface area (Å²) >= 11 is 0. The second-order valence-electron chi connectivity index (χ2n) is 4.18. The smallest absolute Gasteiger partial charge is 0.134 e. The summed E-state index contributed by atoms with van der Waals surface area (Å²) in [6.07, 6.45) is 3.65. The molecular formula is C13H24N4O. The van der Waals surface area contributed by atoms with Gasteiger partial charge in [-0.15, -0.1) is 0 Å². The molecule has 0 aliphatic heterocycles. The highest BCUT2D eigenvalue weighted by Crippen LogP contribution is 2.19. The van der Waals surface area contributed by atoms with Gasteiger partial charge in [0.15, 0.2) is 0 Å². The van der Waals surface area contributed by atoms with E-state index in [0.29, 0.717) is 12.6 Å². The Hall–Kier alpha value is -1.36. The van der Waals surface area contributed by atoms with E-state index in [2.05, 4.69) is 34.0 Å². The van der Waals surface area contributed by atoms with E-state index in [-0.39, 0.29) is 6.61 Å². The van der Waals surface area contributed by atoms with Crippen LogP contribution in [0.3, 0.4) is 0 Å². The van der Waals surface area contributed by atoms with Crippen LogP contribution in [0.25, 0.3) is 0 Å². The third-order valence-electron chi connectivity index (χ3n) is 3.03. The van der Waals surface area contributed by atoms with Crippen LogP contribution in [0.2, 0.25) is 0 Å². The molecule has 0 saturated heterocycles. The first-order chi connectivity index (χ1) is 8.76. The van der Waals surface area contributed by atoms with Crippen molar-refractivity contribution in [3.8, 4) is 0 Å². The molecular weight excluding hydrogens is 228 g/mol. The van der Waals surface area contributed by atoms with Crippen LogP contribution in [-0.4, -0.2) is 40.8 Å². The highest BCUT2D eigenvalue weighted by atomic mass is 16.3. The molecule has 0 fully saturated rings. The van der Waals surface area contributed by atoms with E-state index in [0.717, 1.165) is 31.0 Å². The molecule has 0 aliphatic carbocycles. The predicted octanol–water partition coefficient (Wildman–Crippen LogP) is 1.90. The average Bonchev–Trinajstić information content (AvgIpc) is 2.40. The van der Waals surface area contributed by atoms with Gasteiger partial charge < -0.3 is 15.3 Å². The molecule has 5 heteroatoms. The van der Waals surface area contributed by atoms with Crippen LogP contribution < -0.4 is 10.2 Å². The molecule has 1 aromatic heterocycles. The molecule has 0 radical (unpaired) electrons. The van der Waals surface area contributed by atoms with Gasteiger partial charge in [0.05, 0.1) is 6.61 Å². The Morgan fingerprint density at radius 2 is 2.00 bits per heavy atom. The highest BCUT2D eigenvalue weighted by Gasteiger charge is 2.16. The van der Waals surface area contributed by atoms with Gasteiger partial charge >= 0.3 is 0 Å². The standard InChI is InChI=1S/C13H24N4O/c1-4-11(5-2)17(7-8-18)13-9-12(14-6-3)15-10-16-13/h9-11,18H,4-8H2,1-3H3,(H,14,15,16). The van der Waals surface area contributed by atoms with Crippen LogP contribution in [0.4, 0.5) is 11.6 Å². The second-order valence-corrected chi connectivity index (χ2v) is 4.18. The Balaban J connectivity index is 2.93. The van der Waals surface area contributed by atoms with Crippen LogP contribution in [0.1, 0.15) is 33.6 Å². The van der Waals surface area contributed by atoms with Crippen molar-refractivity contribution in [1.29, 1.82) is 0 Å². The fourth-order valence-corrected chi connectivity index (χ4v) is 2.10. The molecule has 0 unspecified atom stereocenters. The SMILES string of the molecule is CCNc1cc(N(CCO)C(CC)CC)ncn1. The zero-order chi connectivity index (χ0) is 13.4. The van der Waals surface area contributed by atoms with Crippen LogP contribution in [0.15, 0.2) is 12.4 Å². The van der Waals surface area contributed by atoms with Crippen LogP contribution in [0.5, 0.6) is 0 Å². The summed E-state index contributed by atoms with van der Waals surface area (Å²) < 4.78 is 0. The van der Waals surface area contributed by atoms with Crippen LogP contribution >= 0.6 is 0 Å². The van der Waals surface area contributed by atoms with Gasteiger partial charge in [0, 0.05) is 25.2 Å². The summed E-state index contributed by atoms with van der Waals surface area (Å²) in [6.45, 7) is 7.93. The van der Waals surface area contributed by atoms with E-state index in [9.17, 15) is 5.11 Å². The van der Waals surface area contributed by atoms with Gasteiger partial charge in [-0.1, -0.05) is 13.8 Å². The van der Waals surface area contributed by atoms with Gasteiger partial charge in [-0.05, 0) is 19.8 Å². The van der Waals surface area contributed by atoms with E-state index in [1.165, 1.54) is 0 Å². The zero-order valence-electron chi connectivity index (χ0n) is 11.6. The van der Waals surface area contributed by atoms with Gasteiger partial charge in [0.25, 0.3) is 0 Å². The lowest BCUT2D eigenvalue weighted by Gasteiger charge is -2.31. The van der Waals surface area contributed by atoms with E-state index < -0.39 is 0 Å². The van der Waals surface area contributed by atoms with E-state index in [1.807, 2.05) is 13.0 Å². The minimum absolute atomic E-state index is 0.136. The van der Waals surface area contributed by atoms with Crippen molar-refractivity contribution in [2.24, 2.45) is 0 Å². The van der Waals surface area contributed by atoms with Gasteiger partial charge in [-0.3, -0.25) is 0 Å². The maximum atomic E-state index is 9.21. The molecule has 5 nitrogen and oxygen atoms in total. The third kappa shape index (κ3) is 3.84. The predicted molar refractivity (Wildman–Crippen MR) is 75.0 cm³/mol. The molecule has 0 saturated carbocycles. The largest absolute Gasteiger partial charge is 0.395 e. The molecule has 18 heavy (non-hydrogen) atoms. The monoisotopic (exact) mass is 252 g/mol. The van der Waals surface area contributed by atoms with Gasteiger partial charge in [0.2, 0.25) is 0 Å². The lowest BCUT2D eigenvalue weighted by molar-refractivity contribution is 0.295. The van der Waals surface area contributed by atoms with Gasteiger partial charge in [-0.25, -0.2) is 9.97 Å². The molecule has 102 valence electrons. The Kier molecular flexibility index (Phi) is 6.43. The molecule has 2 N–H and O–H groups in total. The quantitative estimate of drug-likeness (QED) is 0.740. The number of hydrogen-bond acceptors (Lipinski definition) is 5. The lowest BCUT2D eigenvalue weighted by atomic mass is 10.1. The van der Waals surface area contributed by atoms with Gasteiger partial charge in [-0.2, -0.15) is 0 Å². The summed E-state index contributed by atoms with van der Waals surface area (Å²) in [5, 5.41) is 12.4. The molecule has 0 bridgehead atoms. The highest BCUT2D eigenvalue weighted by molar-refractivity contribution is 5.49. The molecule has 1 rings (SSSR count). The van der Waals surface area contributed by atoms with Crippen molar-refractivity contribution < 1.29 is 5.11 Å². The Labute approximate surface area is 109 Å². The summed E-state index contributed by atoms with van der Waals surface area (Å²) in [5.41, 5.74) is 0. The van der Waals surface area contributed by atoms with Crippen molar-refractivity contribution in [2.45, 2.75) is 39.7 Å². The zero-order valence-corrected chi connectivity index (χ0v) is 11.6. The number of hydrogen-bond donors (Lipinski definition) is 2. The lowest BCUT2D eigenvalue weighted by Crippen LogP contribution is -2.37. The van der Waals surface area contributed by atoms with Crippen LogP contribution in [-0.2, 0) is 0 Å². The maximum absolute atomic E-state index is 9.21. The molecule has 0 amide bonds. The second kappa shape index (κ2) is 7.87. The van der Waals surface area contributed by atoms with Crippen molar-refractivity contribution in [2.75, 3.05) is 29.9 Å². The fraction of sp³-hybridized carbons (Fsp3) is 0.692. The summed E-state index contributed by atoms with van der Waals surface area (Å²) in [4.78, 5) is 10.6. The number of nitrogens with one attached hydrogen (secondary N) is 1. The van der Waals surface area contributed by atoms with Crippen molar-refractivity contribution in [3.05, 3.63) is 12.4 Å². The molecule has 0 aromatic carbocycles. The first kappa shape index (κ1) is 14.7. The molecule has 1 aromatic rings. The minimum Gasteiger partial charge on any atom is -0.395 e. The molecule has 0 aliphatic rings. The summed E-state index contributed by atoms with van der Waals surface area (Å²) in [7, 11) is 0. The van der Waals surface area contributed by atoms with E-state index in [1.54, 1.807) is 6.33 Å². The molecule has 0 spiro atoms. The minimum atomic E-state index is 0.136. The Morgan fingerprint density at radius 1 is 1.28 bits per heavy atom. The van der Waals surface area contributed by atoms with Gasteiger partial charge in [0.1, 0.15) is 18.0 Å². The summed E-state index contributed by atoms with van der Waals surface area (Å²) in [5.74, 6) is 1.71. The number of anilines is 2. The van der Waals surface area contributed by atoms with Crippen molar-refractivity contribution >= 4 is 11.6 Å². The number of rotatable bonds is 8. The number of aromatic nitrogens is 2. The number of aliphatic hydroxyl groups is 1. The molecule has 1 heterocycles. The fourth-order valence-electron chi connectivity index (χ4n) is 2.10. The van der Waals surface area contributed by atoms with Crippen molar-refractivity contribution in [3.63, 3.8) is 0 Å². The normalized spacial score (nSPS) is 10.7. The first-order valence-electron chi connectivity index (χ1n) is 6.70. The van der Waals surface area contributed by atoms with Crippen LogP contribution in [0, 0.1) is 0 Å². The van der Waals surface area contributed by atoms with Crippen molar-refractivity contribution in [1.82, 2.24) is 9.97 Å². The summed E-state index contributed by atoms with van der Waals surface area (Å²) in [6, 6.07) is 2.35. The van der Waals surface area contributed by atoms with E-state index in [4.69, 9.17) is 0 Å².